The van der Waals surface area contributed by atoms with Crippen molar-refractivity contribution < 1.29 is 13.5 Å². The summed E-state index contributed by atoms with van der Waals surface area (Å²) in [5.74, 6) is -0.661. The van der Waals surface area contributed by atoms with Crippen LogP contribution in [0.15, 0.2) is 36.7 Å². The van der Waals surface area contributed by atoms with E-state index in [-0.39, 0.29) is 11.6 Å². The van der Waals surface area contributed by atoms with Crippen molar-refractivity contribution in [2.75, 3.05) is 0 Å². The average Bonchev–Trinajstić information content (AvgIpc) is 2.31. The van der Waals surface area contributed by atoms with Crippen molar-refractivity contribution in [2.45, 2.75) is 6.61 Å². The molecule has 0 N–H and O–H groups in total. The number of nitrogens with zero attached hydrogens (tertiary/aromatic N) is 1. The fourth-order valence-electron chi connectivity index (χ4n) is 1.27. The minimum atomic E-state index is -0.554. The Bertz CT molecular complexity index is 534. The monoisotopic (exact) mass is 255 g/mol. The van der Waals surface area contributed by atoms with Crippen LogP contribution < -0.4 is 4.74 Å². The Morgan fingerprint density at radius 3 is 2.71 bits per heavy atom. The number of pyridine rings is 1. The summed E-state index contributed by atoms with van der Waals surface area (Å²) in [4.78, 5) is 3.68. The molecule has 0 aliphatic rings. The Balaban J connectivity index is 2.05. The number of rotatable bonds is 3. The third-order valence-electron chi connectivity index (χ3n) is 2.06. The number of ether oxygens (including phenoxy) is 1. The third kappa shape index (κ3) is 3.14. The van der Waals surface area contributed by atoms with Crippen molar-refractivity contribution in [1.82, 2.24) is 4.98 Å². The molecule has 0 amide bonds. The Morgan fingerprint density at radius 1 is 1.18 bits per heavy atom. The van der Waals surface area contributed by atoms with E-state index < -0.39 is 11.6 Å². The van der Waals surface area contributed by atoms with Crippen molar-refractivity contribution in [2.24, 2.45) is 0 Å². The van der Waals surface area contributed by atoms with Crippen LogP contribution in [0.25, 0.3) is 0 Å². The molecule has 0 aliphatic heterocycles. The fraction of sp³-hybridized carbons (Fsp3) is 0.0833. The lowest BCUT2D eigenvalue weighted by Gasteiger charge is -2.06. The molecule has 1 aromatic heterocycles. The molecule has 88 valence electrons. The predicted molar refractivity (Wildman–Crippen MR) is 59.9 cm³/mol. The standard InChI is InChI=1S/C12H8ClF2NO/c13-11-2-1-10(4-12(11)15)17-7-8-3-9(14)6-16-5-8/h1-6H,7H2. The smallest absolute Gasteiger partial charge is 0.145 e. The van der Waals surface area contributed by atoms with Gasteiger partial charge in [0.2, 0.25) is 0 Å². The topological polar surface area (TPSA) is 22.1 Å². The van der Waals surface area contributed by atoms with Gasteiger partial charge in [-0.25, -0.2) is 8.78 Å². The van der Waals surface area contributed by atoms with Crippen LogP contribution in [0, 0.1) is 11.6 Å². The molecule has 2 aromatic rings. The van der Waals surface area contributed by atoms with E-state index in [9.17, 15) is 8.78 Å². The number of halogens is 3. The second-order valence-corrected chi connectivity index (χ2v) is 3.78. The second-order valence-electron chi connectivity index (χ2n) is 3.38. The van der Waals surface area contributed by atoms with Crippen LogP contribution in [0.4, 0.5) is 8.78 Å². The van der Waals surface area contributed by atoms with Gasteiger partial charge in [0.15, 0.2) is 0 Å². The highest BCUT2D eigenvalue weighted by atomic mass is 35.5. The minimum Gasteiger partial charge on any atom is -0.489 e. The van der Waals surface area contributed by atoms with Gasteiger partial charge in [-0.2, -0.15) is 0 Å². The Labute approximate surface area is 102 Å². The van der Waals surface area contributed by atoms with Gasteiger partial charge in [-0.1, -0.05) is 11.6 Å². The summed E-state index contributed by atoms with van der Waals surface area (Å²) >= 11 is 5.53. The van der Waals surface area contributed by atoms with Gasteiger partial charge in [-0.05, 0) is 18.2 Å². The average molecular weight is 256 g/mol. The molecule has 2 rings (SSSR count). The van der Waals surface area contributed by atoms with Crippen LogP contribution in [0.2, 0.25) is 5.02 Å². The van der Waals surface area contributed by atoms with Crippen LogP contribution in [0.1, 0.15) is 5.56 Å². The van der Waals surface area contributed by atoms with Crippen molar-refractivity contribution in [3.8, 4) is 5.75 Å². The molecule has 5 heteroatoms. The van der Waals surface area contributed by atoms with Gasteiger partial charge in [0.05, 0.1) is 11.2 Å². The molecule has 0 fully saturated rings. The molecular formula is C12H8ClF2NO. The molecule has 2 nitrogen and oxygen atoms in total. The number of benzene rings is 1. The van der Waals surface area contributed by atoms with Crippen LogP contribution in [-0.4, -0.2) is 4.98 Å². The Kier molecular flexibility index (Phi) is 3.54. The fourth-order valence-corrected chi connectivity index (χ4v) is 1.39. The Morgan fingerprint density at radius 2 is 2.00 bits per heavy atom. The summed E-state index contributed by atoms with van der Waals surface area (Å²) in [5.41, 5.74) is 0.570. The van der Waals surface area contributed by atoms with Gasteiger partial charge in [0.25, 0.3) is 0 Å². The quantitative estimate of drug-likeness (QED) is 0.836. The van der Waals surface area contributed by atoms with E-state index in [1.165, 1.54) is 30.5 Å². The van der Waals surface area contributed by atoms with Crippen molar-refractivity contribution in [3.05, 3.63) is 58.9 Å². The summed E-state index contributed by atoms with van der Waals surface area (Å²) in [7, 11) is 0. The lowest BCUT2D eigenvalue weighted by molar-refractivity contribution is 0.303. The number of aromatic nitrogens is 1. The van der Waals surface area contributed by atoms with Gasteiger partial charge >= 0.3 is 0 Å². The molecule has 0 atom stereocenters. The predicted octanol–water partition coefficient (Wildman–Crippen LogP) is 3.59. The zero-order valence-electron chi connectivity index (χ0n) is 8.66. The number of hydrogen-bond donors (Lipinski definition) is 0. The van der Waals surface area contributed by atoms with Gasteiger partial charge < -0.3 is 4.74 Å². The van der Waals surface area contributed by atoms with E-state index in [0.29, 0.717) is 11.3 Å². The van der Waals surface area contributed by atoms with Gasteiger partial charge in [-0.3, -0.25) is 4.98 Å². The summed E-state index contributed by atoms with van der Waals surface area (Å²) in [6.07, 6.45) is 2.58. The van der Waals surface area contributed by atoms with E-state index in [1.807, 2.05) is 0 Å². The van der Waals surface area contributed by atoms with E-state index in [1.54, 1.807) is 0 Å². The van der Waals surface area contributed by atoms with E-state index >= 15 is 0 Å². The lowest BCUT2D eigenvalue weighted by atomic mass is 10.3. The highest BCUT2D eigenvalue weighted by Gasteiger charge is 2.02. The van der Waals surface area contributed by atoms with Crippen LogP contribution in [0.3, 0.4) is 0 Å². The van der Waals surface area contributed by atoms with Gasteiger partial charge in [0.1, 0.15) is 24.0 Å². The Hall–Kier alpha value is -1.68. The van der Waals surface area contributed by atoms with Crippen molar-refractivity contribution >= 4 is 11.6 Å². The van der Waals surface area contributed by atoms with Crippen molar-refractivity contribution in [3.63, 3.8) is 0 Å². The first kappa shape index (κ1) is 11.8. The molecular weight excluding hydrogens is 248 g/mol. The molecule has 1 aromatic carbocycles. The summed E-state index contributed by atoms with van der Waals surface area (Å²) in [5, 5.41) is 0.0322. The molecule has 0 spiro atoms. The molecule has 0 radical (unpaired) electrons. The third-order valence-corrected chi connectivity index (χ3v) is 2.36. The maximum atomic E-state index is 13.1. The number of hydrogen-bond acceptors (Lipinski definition) is 2. The van der Waals surface area contributed by atoms with E-state index in [2.05, 4.69) is 4.98 Å². The summed E-state index contributed by atoms with van der Waals surface area (Å²) in [6, 6.07) is 5.42. The normalized spacial score (nSPS) is 10.3. The van der Waals surface area contributed by atoms with E-state index in [4.69, 9.17) is 16.3 Å². The first-order chi connectivity index (χ1) is 8.15. The highest BCUT2D eigenvalue weighted by molar-refractivity contribution is 6.30. The van der Waals surface area contributed by atoms with E-state index in [0.717, 1.165) is 6.20 Å². The van der Waals surface area contributed by atoms with Crippen LogP contribution >= 0.6 is 11.6 Å². The maximum absolute atomic E-state index is 13.1. The van der Waals surface area contributed by atoms with Gasteiger partial charge in [0, 0.05) is 17.8 Å². The zero-order valence-corrected chi connectivity index (χ0v) is 9.42. The van der Waals surface area contributed by atoms with Crippen LogP contribution in [0.5, 0.6) is 5.75 Å². The zero-order chi connectivity index (χ0) is 12.3. The first-order valence-corrected chi connectivity index (χ1v) is 5.20. The van der Waals surface area contributed by atoms with Gasteiger partial charge in [-0.15, -0.1) is 0 Å². The molecule has 0 bridgehead atoms. The molecule has 0 saturated heterocycles. The van der Waals surface area contributed by atoms with Crippen LogP contribution in [-0.2, 0) is 6.61 Å². The highest BCUT2D eigenvalue weighted by Crippen LogP contribution is 2.21. The first-order valence-electron chi connectivity index (χ1n) is 4.82. The molecule has 0 aliphatic carbocycles. The summed E-state index contributed by atoms with van der Waals surface area (Å²) in [6.45, 7) is 0.117. The SMILES string of the molecule is Fc1cncc(COc2ccc(Cl)c(F)c2)c1. The van der Waals surface area contributed by atoms with Crippen molar-refractivity contribution in [1.29, 1.82) is 0 Å². The lowest BCUT2D eigenvalue weighted by Crippen LogP contribution is -1.97. The maximum Gasteiger partial charge on any atom is 0.145 e. The molecule has 1 heterocycles. The minimum absolute atomic E-state index is 0.0322. The molecule has 0 unspecified atom stereocenters. The molecule has 0 saturated carbocycles. The largest absolute Gasteiger partial charge is 0.489 e. The molecule has 17 heavy (non-hydrogen) atoms. The second kappa shape index (κ2) is 5.10. The summed E-state index contributed by atoms with van der Waals surface area (Å²) < 4.78 is 31.2.